The van der Waals surface area contributed by atoms with Crippen LogP contribution in [-0.4, -0.2) is 30.8 Å². The summed E-state index contributed by atoms with van der Waals surface area (Å²) in [6, 6.07) is 11.0. The molecular formula is C21H24N4O2. The normalized spacial score (nSPS) is 10.9. The van der Waals surface area contributed by atoms with Gasteiger partial charge >= 0.3 is 5.97 Å². The molecule has 1 N–H and O–H groups in total. The van der Waals surface area contributed by atoms with Crippen LogP contribution >= 0.6 is 0 Å². The van der Waals surface area contributed by atoms with E-state index in [0.717, 1.165) is 35.6 Å². The number of nitrogens with zero attached hydrogens (tertiary/aromatic N) is 4. The van der Waals surface area contributed by atoms with Gasteiger partial charge in [-0.15, -0.1) is 0 Å². The van der Waals surface area contributed by atoms with E-state index in [1.54, 1.807) is 18.3 Å². The summed E-state index contributed by atoms with van der Waals surface area (Å²) in [6.45, 7) is 4.75. The molecule has 0 unspecified atom stereocenters. The second-order valence-electron chi connectivity index (χ2n) is 6.59. The van der Waals surface area contributed by atoms with Crippen molar-refractivity contribution >= 4 is 5.97 Å². The number of aromatic carboxylic acids is 1. The molecule has 3 rings (SSSR count). The summed E-state index contributed by atoms with van der Waals surface area (Å²) in [5, 5.41) is 13.9. The molecular weight excluding hydrogens is 340 g/mol. The van der Waals surface area contributed by atoms with Gasteiger partial charge < -0.3 is 5.11 Å². The van der Waals surface area contributed by atoms with E-state index < -0.39 is 5.97 Å². The van der Waals surface area contributed by atoms with Crippen molar-refractivity contribution in [3.05, 3.63) is 65.4 Å². The number of rotatable bonds is 8. The van der Waals surface area contributed by atoms with Crippen LogP contribution < -0.4 is 0 Å². The molecule has 2 aromatic heterocycles. The van der Waals surface area contributed by atoms with Crippen molar-refractivity contribution in [2.75, 3.05) is 0 Å². The molecule has 0 aliphatic rings. The molecule has 3 aromatic rings. The van der Waals surface area contributed by atoms with Crippen molar-refractivity contribution in [1.82, 2.24) is 19.7 Å². The number of aryl methyl sites for hydroxylation is 2. The highest BCUT2D eigenvalue weighted by Gasteiger charge is 2.13. The number of aromatic nitrogens is 4. The quantitative estimate of drug-likeness (QED) is 0.608. The van der Waals surface area contributed by atoms with Gasteiger partial charge in [0.15, 0.2) is 0 Å². The molecule has 0 radical (unpaired) electrons. The Morgan fingerprint density at radius 3 is 2.63 bits per heavy atom. The second kappa shape index (κ2) is 8.58. The van der Waals surface area contributed by atoms with Crippen LogP contribution in [-0.2, 0) is 13.0 Å². The third kappa shape index (κ3) is 4.58. The van der Waals surface area contributed by atoms with Crippen LogP contribution in [0, 0.1) is 6.92 Å². The van der Waals surface area contributed by atoms with Crippen molar-refractivity contribution in [1.29, 1.82) is 0 Å². The third-order valence-electron chi connectivity index (χ3n) is 4.46. The molecule has 0 aliphatic carbocycles. The van der Waals surface area contributed by atoms with Gasteiger partial charge in [0.25, 0.3) is 0 Å². The zero-order chi connectivity index (χ0) is 19.2. The first-order chi connectivity index (χ1) is 13.1. The predicted octanol–water partition coefficient (Wildman–Crippen LogP) is 4.13. The molecule has 0 bridgehead atoms. The van der Waals surface area contributed by atoms with Crippen molar-refractivity contribution in [3.8, 4) is 11.3 Å². The number of carbonyl (C=O) groups is 1. The molecule has 1 aromatic carbocycles. The Kier molecular flexibility index (Phi) is 5.96. The van der Waals surface area contributed by atoms with Gasteiger partial charge in [0.1, 0.15) is 11.6 Å². The minimum Gasteiger partial charge on any atom is -0.478 e. The van der Waals surface area contributed by atoms with E-state index in [2.05, 4.69) is 22.0 Å². The predicted molar refractivity (Wildman–Crippen MR) is 104 cm³/mol. The van der Waals surface area contributed by atoms with Gasteiger partial charge in [-0.05, 0) is 31.0 Å². The summed E-state index contributed by atoms with van der Waals surface area (Å²) in [4.78, 5) is 20.2. The fourth-order valence-corrected chi connectivity index (χ4v) is 3.09. The number of hydrogen-bond acceptors (Lipinski definition) is 4. The summed E-state index contributed by atoms with van der Waals surface area (Å²) in [6.07, 6.45) is 6.03. The maximum absolute atomic E-state index is 11.4. The van der Waals surface area contributed by atoms with Crippen LogP contribution in [0.2, 0.25) is 0 Å². The molecule has 0 saturated heterocycles. The molecule has 0 aliphatic heterocycles. The molecule has 0 amide bonds. The standard InChI is InChI=1S/C21H24N4O2/c1-3-4-5-8-19-23-15(2)24-25(19)14-16-9-11-17(12-10-16)20-18(21(26)27)7-6-13-22-20/h6-7,9-13H,3-5,8,14H2,1-2H3,(H,26,27). The maximum Gasteiger partial charge on any atom is 0.337 e. The average Bonchev–Trinajstić information content (AvgIpc) is 3.01. The largest absolute Gasteiger partial charge is 0.478 e. The Morgan fingerprint density at radius 1 is 1.15 bits per heavy atom. The first kappa shape index (κ1) is 18.8. The van der Waals surface area contributed by atoms with Gasteiger partial charge in [-0.25, -0.2) is 14.5 Å². The highest BCUT2D eigenvalue weighted by molar-refractivity contribution is 5.94. The highest BCUT2D eigenvalue weighted by Crippen LogP contribution is 2.22. The first-order valence-electron chi connectivity index (χ1n) is 9.26. The SMILES string of the molecule is CCCCCc1nc(C)nn1Cc1ccc(-c2ncccc2C(=O)O)cc1. The molecule has 27 heavy (non-hydrogen) atoms. The van der Waals surface area contributed by atoms with E-state index in [0.29, 0.717) is 12.2 Å². The monoisotopic (exact) mass is 364 g/mol. The van der Waals surface area contributed by atoms with E-state index in [4.69, 9.17) is 0 Å². The Bertz CT molecular complexity index is 916. The smallest absolute Gasteiger partial charge is 0.337 e. The van der Waals surface area contributed by atoms with Gasteiger partial charge in [0.05, 0.1) is 17.8 Å². The summed E-state index contributed by atoms with van der Waals surface area (Å²) >= 11 is 0. The molecule has 140 valence electrons. The third-order valence-corrected chi connectivity index (χ3v) is 4.46. The van der Waals surface area contributed by atoms with E-state index in [9.17, 15) is 9.90 Å². The topological polar surface area (TPSA) is 80.9 Å². The van der Waals surface area contributed by atoms with Crippen LogP contribution in [0.1, 0.15) is 53.8 Å². The fraction of sp³-hybridized carbons (Fsp3) is 0.333. The summed E-state index contributed by atoms with van der Waals surface area (Å²) < 4.78 is 1.96. The second-order valence-corrected chi connectivity index (χ2v) is 6.59. The number of carboxylic acid groups (broad SMARTS) is 1. The van der Waals surface area contributed by atoms with Crippen molar-refractivity contribution in [2.24, 2.45) is 0 Å². The molecule has 0 saturated carbocycles. The Labute approximate surface area is 158 Å². The Balaban J connectivity index is 1.78. The molecule has 0 fully saturated rings. The number of pyridine rings is 1. The van der Waals surface area contributed by atoms with Crippen molar-refractivity contribution in [3.63, 3.8) is 0 Å². The van der Waals surface area contributed by atoms with Crippen molar-refractivity contribution in [2.45, 2.75) is 46.1 Å². The lowest BCUT2D eigenvalue weighted by Gasteiger charge is -2.08. The first-order valence-corrected chi connectivity index (χ1v) is 9.26. The molecule has 6 nitrogen and oxygen atoms in total. The van der Waals surface area contributed by atoms with Gasteiger partial charge in [0, 0.05) is 18.2 Å². The van der Waals surface area contributed by atoms with Crippen LogP contribution in [0.3, 0.4) is 0 Å². The van der Waals surface area contributed by atoms with E-state index in [1.165, 1.54) is 12.8 Å². The molecule has 0 spiro atoms. The zero-order valence-corrected chi connectivity index (χ0v) is 15.7. The number of carboxylic acids is 1. The molecule has 6 heteroatoms. The lowest BCUT2D eigenvalue weighted by Crippen LogP contribution is -2.07. The summed E-state index contributed by atoms with van der Waals surface area (Å²) in [5.74, 6) is 0.831. The van der Waals surface area contributed by atoms with E-state index in [1.807, 2.05) is 35.9 Å². The summed E-state index contributed by atoms with van der Waals surface area (Å²) in [5.41, 5.74) is 2.56. The number of unbranched alkanes of at least 4 members (excludes halogenated alkanes) is 2. The lowest BCUT2D eigenvalue weighted by molar-refractivity contribution is 0.0697. The molecule has 2 heterocycles. The number of benzene rings is 1. The molecule has 0 atom stereocenters. The lowest BCUT2D eigenvalue weighted by atomic mass is 10.0. The zero-order valence-electron chi connectivity index (χ0n) is 15.7. The Hall–Kier alpha value is -3.02. The highest BCUT2D eigenvalue weighted by atomic mass is 16.4. The maximum atomic E-state index is 11.4. The van der Waals surface area contributed by atoms with Crippen molar-refractivity contribution < 1.29 is 9.90 Å². The minimum absolute atomic E-state index is 0.204. The van der Waals surface area contributed by atoms with Crippen LogP contribution in [0.5, 0.6) is 0 Å². The van der Waals surface area contributed by atoms with Gasteiger partial charge in [0.2, 0.25) is 0 Å². The number of hydrogen-bond donors (Lipinski definition) is 1. The van der Waals surface area contributed by atoms with Crippen LogP contribution in [0.25, 0.3) is 11.3 Å². The Morgan fingerprint density at radius 2 is 1.93 bits per heavy atom. The van der Waals surface area contributed by atoms with Crippen LogP contribution in [0.15, 0.2) is 42.6 Å². The van der Waals surface area contributed by atoms with Gasteiger partial charge in [-0.3, -0.25) is 4.98 Å². The van der Waals surface area contributed by atoms with Gasteiger partial charge in [-0.1, -0.05) is 44.0 Å². The van der Waals surface area contributed by atoms with E-state index >= 15 is 0 Å². The fourth-order valence-electron chi connectivity index (χ4n) is 3.09. The minimum atomic E-state index is -0.975. The average molecular weight is 364 g/mol. The van der Waals surface area contributed by atoms with Gasteiger partial charge in [-0.2, -0.15) is 5.10 Å². The summed E-state index contributed by atoms with van der Waals surface area (Å²) in [7, 11) is 0. The van der Waals surface area contributed by atoms with Crippen LogP contribution in [0.4, 0.5) is 0 Å². The van der Waals surface area contributed by atoms with E-state index in [-0.39, 0.29) is 5.56 Å².